The molecule has 0 rings (SSSR count). The highest BCUT2D eigenvalue weighted by Crippen LogP contribution is 1.98. The largest absolute Gasteiger partial charge is 0.350 e. The normalized spacial score (nSPS) is 11.0. The van der Waals surface area contributed by atoms with Crippen molar-refractivity contribution < 1.29 is 9.59 Å². The molecule has 16 heavy (non-hydrogen) atoms. The summed E-state index contributed by atoms with van der Waals surface area (Å²) in [6.07, 6.45) is 2.01. The average Bonchev–Trinajstić information content (AvgIpc) is 2.12. The lowest BCUT2D eigenvalue weighted by molar-refractivity contribution is -0.126. The maximum absolute atomic E-state index is 11.3. The van der Waals surface area contributed by atoms with Crippen molar-refractivity contribution in [2.24, 2.45) is 0 Å². The van der Waals surface area contributed by atoms with Crippen LogP contribution in [0, 0.1) is 0 Å². The molecule has 0 saturated carbocycles. The number of rotatable bonds is 6. The Morgan fingerprint density at radius 2 is 1.75 bits per heavy atom. The molecule has 0 spiro atoms. The van der Waals surface area contributed by atoms with Crippen LogP contribution in [0.1, 0.15) is 40.0 Å². The Bertz CT molecular complexity index is 237. The Balaban J connectivity index is 3.63. The minimum Gasteiger partial charge on any atom is -0.350 e. The first-order chi connectivity index (χ1) is 7.35. The van der Waals surface area contributed by atoms with E-state index < -0.39 is 0 Å². The van der Waals surface area contributed by atoms with E-state index in [4.69, 9.17) is 11.6 Å². The highest BCUT2D eigenvalue weighted by molar-refractivity contribution is 6.17. The second-order valence-corrected chi connectivity index (χ2v) is 5.10. The second-order valence-electron chi connectivity index (χ2n) is 4.72. The van der Waals surface area contributed by atoms with Gasteiger partial charge >= 0.3 is 0 Å². The lowest BCUT2D eigenvalue weighted by Crippen LogP contribution is -2.45. The molecule has 4 nitrogen and oxygen atoms in total. The molecule has 0 unspecified atom stereocenters. The van der Waals surface area contributed by atoms with Crippen LogP contribution in [0.15, 0.2) is 0 Å². The molecule has 0 aromatic carbocycles. The smallest absolute Gasteiger partial charge is 0.239 e. The van der Waals surface area contributed by atoms with E-state index in [1.807, 2.05) is 20.8 Å². The Morgan fingerprint density at radius 1 is 1.12 bits per heavy atom. The minimum atomic E-state index is -0.263. The van der Waals surface area contributed by atoms with E-state index in [0.29, 0.717) is 12.3 Å². The molecule has 0 radical (unpaired) electrons. The fraction of sp³-hybridized carbons (Fsp3) is 0.818. The number of halogens is 1. The summed E-state index contributed by atoms with van der Waals surface area (Å²) in [7, 11) is 0. The zero-order chi connectivity index (χ0) is 12.6. The van der Waals surface area contributed by atoms with E-state index in [0.717, 1.165) is 12.8 Å². The van der Waals surface area contributed by atoms with Gasteiger partial charge in [-0.15, -0.1) is 11.6 Å². The Labute approximate surface area is 102 Å². The van der Waals surface area contributed by atoms with Gasteiger partial charge in [-0.05, 0) is 33.6 Å². The first-order valence-electron chi connectivity index (χ1n) is 5.49. The summed E-state index contributed by atoms with van der Waals surface area (Å²) in [6.45, 7) is 5.73. The van der Waals surface area contributed by atoms with E-state index in [1.54, 1.807) is 0 Å². The SMILES string of the molecule is CC(C)(C)NC(=O)CNC(=O)CCCCCl. The third-order valence-electron chi connectivity index (χ3n) is 1.75. The van der Waals surface area contributed by atoms with Crippen LogP contribution in [0.4, 0.5) is 0 Å². The van der Waals surface area contributed by atoms with E-state index in [1.165, 1.54) is 0 Å². The quantitative estimate of drug-likeness (QED) is 0.552. The van der Waals surface area contributed by atoms with Gasteiger partial charge in [-0.3, -0.25) is 9.59 Å². The van der Waals surface area contributed by atoms with Crippen LogP contribution in [-0.4, -0.2) is 29.8 Å². The van der Waals surface area contributed by atoms with Crippen molar-refractivity contribution >= 4 is 23.4 Å². The van der Waals surface area contributed by atoms with Gasteiger partial charge in [0.2, 0.25) is 11.8 Å². The molecule has 0 fully saturated rings. The third kappa shape index (κ3) is 9.77. The van der Waals surface area contributed by atoms with E-state index in [-0.39, 0.29) is 23.9 Å². The lowest BCUT2D eigenvalue weighted by atomic mass is 10.1. The summed E-state index contributed by atoms with van der Waals surface area (Å²) >= 11 is 5.49. The molecule has 2 amide bonds. The summed E-state index contributed by atoms with van der Waals surface area (Å²) in [6, 6.07) is 0. The Kier molecular flexibility index (Phi) is 7.13. The Morgan fingerprint density at radius 3 is 2.25 bits per heavy atom. The molecule has 0 aromatic rings. The summed E-state index contributed by atoms with van der Waals surface area (Å²) in [5.74, 6) is 0.296. The summed E-state index contributed by atoms with van der Waals surface area (Å²) < 4.78 is 0. The average molecular weight is 249 g/mol. The first-order valence-corrected chi connectivity index (χ1v) is 6.02. The van der Waals surface area contributed by atoms with Gasteiger partial charge in [0.05, 0.1) is 6.54 Å². The number of unbranched alkanes of at least 4 members (excludes halogenated alkanes) is 1. The zero-order valence-corrected chi connectivity index (χ0v) is 11.0. The molecule has 94 valence electrons. The van der Waals surface area contributed by atoms with Crippen LogP contribution in [0.5, 0.6) is 0 Å². The van der Waals surface area contributed by atoms with E-state index >= 15 is 0 Å². The number of nitrogens with one attached hydrogen (secondary N) is 2. The van der Waals surface area contributed by atoms with Crippen LogP contribution in [0.25, 0.3) is 0 Å². The molecule has 2 N–H and O–H groups in total. The minimum absolute atomic E-state index is 0.0387. The van der Waals surface area contributed by atoms with Gasteiger partial charge in [0.25, 0.3) is 0 Å². The number of alkyl halides is 1. The van der Waals surface area contributed by atoms with Gasteiger partial charge in [0, 0.05) is 17.8 Å². The van der Waals surface area contributed by atoms with Crippen molar-refractivity contribution in [3.05, 3.63) is 0 Å². The van der Waals surface area contributed by atoms with Crippen molar-refractivity contribution in [2.75, 3.05) is 12.4 Å². The number of amides is 2. The molecule has 0 aliphatic carbocycles. The van der Waals surface area contributed by atoms with Crippen molar-refractivity contribution in [2.45, 2.75) is 45.6 Å². The van der Waals surface area contributed by atoms with Crippen LogP contribution < -0.4 is 10.6 Å². The van der Waals surface area contributed by atoms with Gasteiger partial charge in [-0.2, -0.15) is 0 Å². The second kappa shape index (κ2) is 7.49. The first kappa shape index (κ1) is 15.2. The highest BCUT2D eigenvalue weighted by atomic mass is 35.5. The number of hydrogen-bond acceptors (Lipinski definition) is 2. The molecule has 0 atom stereocenters. The standard InChI is InChI=1S/C11H21ClN2O2/c1-11(2,3)14-10(16)8-13-9(15)6-4-5-7-12/h4-8H2,1-3H3,(H,13,15)(H,14,16). The maximum Gasteiger partial charge on any atom is 0.239 e. The van der Waals surface area contributed by atoms with E-state index in [2.05, 4.69) is 10.6 Å². The number of hydrogen-bond donors (Lipinski definition) is 2. The molecular formula is C11H21ClN2O2. The summed E-state index contributed by atoms with van der Waals surface area (Å²) in [5, 5.41) is 5.34. The number of carbonyl (C=O) groups is 2. The molecule has 0 heterocycles. The molecule has 0 bridgehead atoms. The molecule has 0 aromatic heterocycles. The fourth-order valence-electron chi connectivity index (χ4n) is 1.11. The molecule has 0 saturated heterocycles. The fourth-order valence-corrected chi connectivity index (χ4v) is 1.30. The lowest BCUT2D eigenvalue weighted by Gasteiger charge is -2.20. The zero-order valence-electron chi connectivity index (χ0n) is 10.2. The summed E-state index contributed by atoms with van der Waals surface area (Å²) in [5.41, 5.74) is -0.263. The topological polar surface area (TPSA) is 58.2 Å². The monoisotopic (exact) mass is 248 g/mol. The molecule has 5 heteroatoms. The summed E-state index contributed by atoms with van der Waals surface area (Å²) in [4.78, 5) is 22.6. The molecule has 0 aliphatic heterocycles. The van der Waals surface area contributed by atoms with Crippen LogP contribution in [0.2, 0.25) is 0 Å². The van der Waals surface area contributed by atoms with Crippen LogP contribution in [0.3, 0.4) is 0 Å². The third-order valence-corrected chi connectivity index (χ3v) is 2.02. The number of carbonyl (C=O) groups excluding carboxylic acids is 2. The maximum atomic E-state index is 11.3. The van der Waals surface area contributed by atoms with Crippen molar-refractivity contribution in [3.63, 3.8) is 0 Å². The predicted molar refractivity (Wildman–Crippen MR) is 65.5 cm³/mol. The van der Waals surface area contributed by atoms with Crippen LogP contribution >= 0.6 is 11.6 Å². The van der Waals surface area contributed by atoms with E-state index in [9.17, 15) is 9.59 Å². The van der Waals surface area contributed by atoms with Crippen molar-refractivity contribution in [1.82, 2.24) is 10.6 Å². The van der Waals surface area contributed by atoms with Gasteiger partial charge in [-0.25, -0.2) is 0 Å². The van der Waals surface area contributed by atoms with Crippen molar-refractivity contribution in [3.8, 4) is 0 Å². The Hall–Kier alpha value is -0.770. The molecular weight excluding hydrogens is 228 g/mol. The van der Waals surface area contributed by atoms with Crippen LogP contribution in [-0.2, 0) is 9.59 Å². The molecule has 0 aliphatic rings. The van der Waals surface area contributed by atoms with Gasteiger partial charge < -0.3 is 10.6 Å². The van der Waals surface area contributed by atoms with Gasteiger partial charge in [-0.1, -0.05) is 0 Å². The van der Waals surface area contributed by atoms with Gasteiger partial charge in [0.1, 0.15) is 0 Å². The predicted octanol–water partition coefficient (Wildman–Crippen LogP) is 1.43. The highest BCUT2D eigenvalue weighted by Gasteiger charge is 2.13. The van der Waals surface area contributed by atoms with Crippen molar-refractivity contribution in [1.29, 1.82) is 0 Å². The van der Waals surface area contributed by atoms with Gasteiger partial charge in [0.15, 0.2) is 0 Å².